The van der Waals surface area contributed by atoms with Crippen LogP contribution in [0.5, 0.6) is 0 Å². The molecule has 29 heavy (non-hydrogen) atoms. The van der Waals surface area contributed by atoms with E-state index in [0.717, 1.165) is 24.8 Å². The lowest BCUT2D eigenvalue weighted by Crippen LogP contribution is -2.57. The number of rotatable bonds is 10. The van der Waals surface area contributed by atoms with Crippen LogP contribution in [-0.4, -0.2) is 49.6 Å². The van der Waals surface area contributed by atoms with Gasteiger partial charge in [0, 0.05) is 18.1 Å². The van der Waals surface area contributed by atoms with Crippen molar-refractivity contribution in [1.29, 1.82) is 0 Å². The van der Waals surface area contributed by atoms with Crippen molar-refractivity contribution >= 4 is 0 Å². The zero-order valence-electron chi connectivity index (χ0n) is 17.4. The number of unbranched alkanes of at least 4 members (excludes halogenated alkanes) is 2. The van der Waals surface area contributed by atoms with E-state index in [1.807, 2.05) is 51.1 Å². The molecule has 1 aromatic rings. The van der Waals surface area contributed by atoms with Crippen LogP contribution in [0.15, 0.2) is 35.4 Å². The van der Waals surface area contributed by atoms with Crippen LogP contribution in [0.3, 0.4) is 0 Å². The van der Waals surface area contributed by atoms with Gasteiger partial charge in [0.15, 0.2) is 12.1 Å². The van der Waals surface area contributed by atoms with E-state index in [0.29, 0.717) is 19.8 Å². The summed E-state index contributed by atoms with van der Waals surface area (Å²) in [5.74, 6) is -0.683. The minimum Gasteiger partial charge on any atom is -0.365 e. The molecule has 1 aromatic carbocycles. The maximum absolute atomic E-state index is 8.32. The van der Waals surface area contributed by atoms with Crippen LogP contribution >= 0.6 is 0 Å². The van der Waals surface area contributed by atoms with Gasteiger partial charge in [-0.15, -0.1) is 0 Å². The van der Waals surface area contributed by atoms with Crippen molar-refractivity contribution in [3.63, 3.8) is 0 Å². The molecule has 3 rings (SSSR count). The average Bonchev–Trinajstić information content (AvgIpc) is 3.03. The number of hydrogen-bond acceptors (Lipinski definition) is 6. The lowest BCUT2D eigenvalue weighted by atomic mass is 9.99. The van der Waals surface area contributed by atoms with E-state index in [2.05, 4.69) is 10.0 Å². The van der Waals surface area contributed by atoms with Crippen molar-refractivity contribution in [2.75, 3.05) is 13.2 Å². The van der Waals surface area contributed by atoms with Gasteiger partial charge in [-0.2, -0.15) is 0 Å². The Morgan fingerprint density at radius 3 is 2.59 bits per heavy atom. The van der Waals surface area contributed by atoms with Gasteiger partial charge in [0.25, 0.3) is 0 Å². The fourth-order valence-electron chi connectivity index (χ4n) is 3.74. The maximum atomic E-state index is 8.32. The number of azide groups is 1. The van der Waals surface area contributed by atoms with Crippen molar-refractivity contribution in [1.82, 2.24) is 0 Å². The second kappa shape index (κ2) is 10.4. The van der Waals surface area contributed by atoms with E-state index in [1.165, 1.54) is 0 Å². The predicted octanol–water partition coefficient (Wildman–Crippen LogP) is 4.33. The lowest BCUT2D eigenvalue weighted by molar-refractivity contribution is -0.286. The number of hydrogen-bond donors (Lipinski definition) is 0. The molecule has 2 heterocycles. The van der Waals surface area contributed by atoms with Crippen molar-refractivity contribution < 1.29 is 23.7 Å². The van der Waals surface area contributed by atoms with Gasteiger partial charge in [-0.1, -0.05) is 41.9 Å². The van der Waals surface area contributed by atoms with Crippen LogP contribution < -0.4 is 0 Å². The van der Waals surface area contributed by atoms with Gasteiger partial charge in [-0.3, -0.25) is 0 Å². The van der Waals surface area contributed by atoms with E-state index in [-0.39, 0.29) is 24.4 Å². The van der Waals surface area contributed by atoms with Gasteiger partial charge < -0.3 is 23.7 Å². The van der Waals surface area contributed by atoms with Gasteiger partial charge in [0.2, 0.25) is 0 Å². The van der Waals surface area contributed by atoms with E-state index >= 15 is 0 Å². The van der Waals surface area contributed by atoms with E-state index in [9.17, 15) is 0 Å². The molecule has 0 aliphatic carbocycles. The van der Waals surface area contributed by atoms with E-state index < -0.39 is 12.1 Å². The summed E-state index contributed by atoms with van der Waals surface area (Å²) in [5.41, 5.74) is 9.40. The number of nitrogens with zero attached hydrogens (tertiary/aromatic N) is 3. The van der Waals surface area contributed by atoms with E-state index in [1.54, 1.807) is 0 Å². The largest absolute Gasteiger partial charge is 0.365 e. The molecule has 160 valence electrons. The van der Waals surface area contributed by atoms with Crippen LogP contribution in [0.1, 0.15) is 45.6 Å². The molecule has 0 aromatic heterocycles. The van der Waals surface area contributed by atoms with Crippen LogP contribution in [0.4, 0.5) is 0 Å². The third-order valence-corrected chi connectivity index (χ3v) is 5.10. The van der Waals surface area contributed by atoms with Crippen LogP contribution in [-0.2, 0) is 30.3 Å². The summed E-state index contributed by atoms with van der Waals surface area (Å²) in [4.78, 5) is 2.76. The first-order chi connectivity index (χ1) is 14.0. The molecular weight excluding hydrogens is 374 g/mol. The Hall–Kier alpha value is -1.67. The van der Waals surface area contributed by atoms with Crippen LogP contribution in [0.2, 0.25) is 0 Å². The maximum Gasteiger partial charge on any atom is 0.186 e. The Balaban J connectivity index is 1.60. The second-order valence-electron chi connectivity index (χ2n) is 7.92. The zero-order valence-corrected chi connectivity index (χ0v) is 17.4. The monoisotopic (exact) mass is 405 g/mol. The molecule has 5 atom stereocenters. The highest BCUT2D eigenvalue weighted by Crippen LogP contribution is 2.39. The molecule has 0 N–H and O–H groups in total. The van der Waals surface area contributed by atoms with E-state index in [4.69, 9.17) is 29.2 Å². The zero-order chi connectivity index (χ0) is 20.7. The fourth-order valence-corrected chi connectivity index (χ4v) is 3.74. The van der Waals surface area contributed by atoms with Crippen LogP contribution in [0.25, 0.3) is 10.4 Å². The van der Waals surface area contributed by atoms with Crippen molar-refractivity contribution in [3.8, 4) is 0 Å². The minimum absolute atomic E-state index is 0.159. The van der Waals surface area contributed by atoms with Crippen molar-refractivity contribution in [3.05, 3.63) is 46.3 Å². The molecule has 2 aliphatic heterocycles. The highest BCUT2D eigenvalue weighted by molar-refractivity contribution is 5.13. The molecule has 8 nitrogen and oxygen atoms in total. The number of fused-ring (bicyclic) bond motifs is 1. The molecular formula is C21H31N3O5. The Morgan fingerprint density at radius 1 is 1.07 bits per heavy atom. The molecule has 0 bridgehead atoms. The summed E-state index contributed by atoms with van der Waals surface area (Å²) in [6.45, 7) is 7.30. The first kappa shape index (κ1) is 22.0. The highest BCUT2D eigenvalue weighted by Gasteiger charge is 2.54. The molecule has 2 saturated heterocycles. The fraction of sp³-hybridized carbons (Fsp3) is 0.714. The molecule has 2 fully saturated rings. The highest BCUT2D eigenvalue weighted by atomic mass is 16.8. The van der Waals surface area contributed by atoms with Crippen molar-refractivity contribution in [2.45, 2.75) is 83.1 Å². The number of benzene rings is 1. The molecule has 0 amide bonds. The lowest BCUT2D eigenvalue weighted by Gasteiger charge is -2.40. The third kappa shape index (κ3) is 6.15. The third-order valence-electron chi connectivity index (χ3n) is 5.10. The smallest absolute Gasteiger partial charge is 0.186 e. The molecule has 0 spiro atoms. The Labute approximate surface area is 172 Å². The minimum atomic E-state index is -0.683. The standard InChI is InChI=1S/C21H31N3O5/c1-15-17-18(29-21(2,3)28-17)19(26-14-16-10-6-4-7-11-16)20(27-15)25-13-9-5-8-12-23-24-22/h4,6-7,10-11,15,17-20H,5,8-9,12-14H2,1-3H3/t15-,17+,18+,19-,20+/m0/s1. The SMILES string of the molecule is C[C@@H]1O[C@@H](OCCCCCN=[N+]=[N-])[C@@H](OCc2ccccc2)[C@@H]2OC(C)(C)O[C@@H]21. The molecule has 2 aliphatic rings. The number of ether oxygens (including phenoxy) is 5. The molecule has 0 radical (unpaired) electrons. The summed E-state index contributed by atoms with van der Waals surface area (Å²) in [6, 6.07) is 10.0. The van der Waals surface area contributed by atoms with Gasteiger partial charge in [-0.25, -0.2) is 0 Å². The summed E-state index contributed by atoms with van der Waals surface area (Å²) in [6.07, 6.45) is 1.10. The van der Waals surface area contributed by atoms with Gasteiger partial charge in [0.05, 0.1) is 12.7 Å². The topological polar surface area (TPSA) is 94.9 Å². The normalized spacial score (nSPS) is 30.5. The quantitative estimate of drug-likeness (QED) is 0.250. The average molecular weight is 405 g/mol. The summed E-state index contributed by atoms with van der Waals surface area (Å²) in [7, 11) is 0. The van der Waals surface area contributed by atoms with Crippen molar-refractivity contribution in [2.24, 2.45) is 5.11 Å². The second-order valence-corrected chi connectivity index (χ2v) is 7.92. The Kier molecular flexibility index (Phi) is 7.89. The summed E-state index contributed by atoms with van der Waals surface area (Å²) in [5, 5.41) is 3.55. The Morgan fingerprint density at radius 2 is 1.83 bits per heavy atom. The van der Waals surface area contributed by atoms with Gasteiger partial charge >= 0.3 is 0 Å². The molecule has 0 unspecified atom stereocenters. The van der Waals surface area contributed by atoms with Gasteiger partial charge in [-0.05, 0) is 44.7 Å². The summed E-state index contributed by atoms with van der Waals surface area (Å²) < 4.78 is 30.6. The summed E-state index contributed by atoms with van der Waals surface area (Å²) >= 11 is 0. The first-order valence-electron chi connectivity index (χ1n) is 10.3. The Bertz CT molecular complexity index is 680. The van der Waals surface area contributed by atoms with Gasteiger partial charge in [0.1, 0.15) is 18.3 Å². The molecule has 0 saturated carbocycles. The predicted molar refractivity (Wildman–Crippen MR) is 107 cm³/mol. The first-order valence-corrected chi connectivity index (χ1v) is 10.3. The molecule has 8 heteroatoms. The van der Waals surface area contributed by atoms with Crippen LogP contribution in [0, 0.1) is 0 Å².